The zero-order valence-corrected chi connectivity index (χ0v) is 16.2. The number of aliphatic hydroxyl groups is 1. The molecular formula is C22H29N5O. The minimum Gasteiger partial charge on any atom is -0.391 e. The van der Waals surface area contributed by atoms with Gasteiger partial charge in [0, 0.05) is 37.6 Å². The molecule has 2 fully saturated rings. The molecule has 0 amide bonds. The van der Waals surface area contributed by atoms with Crippen molar-refractivity contribution < 1.29 is 5.11 Å². The first-order valence-electron chi connectivity index (χ1n) is 10.3. The van der Waals surface area contributed by atoms with Gasteiger partial charge in [-0.2, -0.15) is 5.26 Å². The quantitative estimate of drug-likeness (QED) is 0.804. The third kappa shape index (κ3) is 4.79. The van der Waals surface area contributed by atoms with Gasteiger partial charge in [-0.05, 0) is 62.4 Å². The minimum atomic E-state index is -0.245. The molecule has 1 aliphatic heterocycles. The van der Waals surface area contributed by atoms with Crippen molar-refractivity contribution in [2.75, 3.05) is 13.1 Å². The molecule has 1 unspecified atom stereocenters. The minimum absolute atomic E-state index is 0.212. The number of rotatable bonds is 6. The van der Waals surface area contributed by atoms with Crippen molar-refractivity contribution in [2.24, 2.45) is 5.92 Å². The fourth-order valence-corrected chi connectivity index (χ4v) is 4.64. The summed E-state index contributed by atoms with van der Waals surface area (Å²) in [6.45, 7) is 4.02. The summed E-state index contributed by atoms with van der Waals surface area (Å²) >= 11 is 0. The van der Waals surface area contributed by atoms with E-state index < -0.39 is 0 Å². The van der Waals surface area contributed by atoms with Crippen LogP contribution in [0.15, 0.2) is 43.0 Å². The lowest BCUT2D eigenvalue weighted by atomic mass is 10.0. The van der Waals surface area contributed by atoms with Crippen LogP contribution in [0.3, 0.4) is 0 Å². The Morgan fingerprint density at radius 3 is 2.64 bits per heavy atom. The lowest BCUT2D eigenvalue weighted by Crippen LogP contribution is -2.48. The van der Waals surface area contributed by atoms with Crippen LogP contribution in [0.1, 0.15) is 36.8 Å². The smallest absolute Gasteiger partial charge is 0.0991 e. The Balaban J connectivity index is 1.21. The molecule has 148 valence electrons. The molecule has 2 aliphatic rings. The molecule has 1 saturated carbocycles. The van der Waals surface area contributed by atoms with E-state index in [2.05, 4.69) is 38.0 Å². The molecule has 28 heavy (non-hydrogen) atoms. The van der Waals surface area contributed by atoms with E-state index in [0.29, 0.717) is 17.5 Å². The van der Waals surface area contributed by atoms with Crippen molar-refractivity contribution >= 4 is 0 Å². The van der Waals surface area contributed by atoms with Gasteiger partial charge in [0.2, 0.25) is 0 Å². The summed E-state index contributed by atoms with van der Waals surface area (Å²) in [5.41, 5.74) is 1.98. The molecule has 0 radical (unpaired) electrons. The van der Waals surface area contributed by atoms with Crippen LogP contribution >= 0.6 is 0 Å². The number of nitrogens with one attached hydrogen (secondary N) is 1. The highest BCUT2D eigenvalue weighted by Crippen LogP contribution is 2.29. The van der Waals surface area contributed by atoms with E-state index in [-0.39, 0.29) is 12.1 Å². The lowest BCUT2D eigenvalue weighted by molar-refractivity contribution is 0.124. The number of hydrogen-bond acceptors (Lipinski definition) is 5. The number of nitriles is 1. The van der Waals surface area contributed by atoms with Gasteiger partial charge in [-0.25, -0.2) is 4.98 Å². The molecule has 0 spiro atoms. The first-order valence-corrected chi connectivity index (χ1v) is 10.3. The first-order chi connectivity index (χ1) is 13.7. The second-order valence-corrected chi connectivity index (χ2v) is 8.30. The van der Waals surface area contributed by atoms with Gasteiger partial charge in [-0.15, -0.1) is 0 Å². The van der Waals surface area contributed by atoms with E-state index in [9.17, 15) is 5.11 Å². The zero-order valence-electron chi connectivity index (χ0n) is 16.2. The van der Waals surface area contributed by atoms with Gasteiger partial charge in [0.05, 0.1) is 24.1 Å². The highest BCUT2D eigenvalue weighted by Gasteiger charge is 2.34. The van der Waals surface area contributed by atoms with Crippen LogP contribution in [-0.2, 0) is 13.1 Å². The molecule has 3 atom stereocenters. The van der Waals surface area contributed by atoms with E-state index in [4.69, 9.17) is 5.26 Å². The van der Waals surface area contributed by atoms with Crippen LogP contribution in [0.2, 0.25) is 0 Å². The van der Waals surface area contributed by atoms with Gasteiger partial charge in [0.1, 0.15) is 0 Å². The average Bonchev–Trinajstić information content (AvgIpc) is 3.34. The third-order valence-corrected chi connectivity index (χ3v) is 6.18. The van der Waals surface area contributed by atoms with Crippen LogP contribution in [0, 0.1) is 17.2 Å². The fraction of sp³-hybridized carbons (Fsp3) is 0.545. The highest BCUT2D eigenvalue weighted by atomic mass is 16.3. The van der Waals surface area contributed by atoms with Crippen LogP contribution in [0.5, 0.6) is 0 Å². The van der Waals surface area contributed by atoms with E-state index in [0.717, 1.165) is 51.9 Å². The SMILES string of the molecule is N#Cc1ccc(CN2CCC(N[C@@H]3CC(Cn4ccnc4)C[C@H]3O)CC2)cc1. The fourth-order valence-electron chi connectivity index (χ4n) is 4.64. The number of hydrogen-bond donors (Lipinski definition) is 2. The Kier molecular flexibility index (Phi) is 6.06. The summed E-state index contributed by atoms with van der Waals surface area (Å²) in [6.07, 6.45) is 9.56. The molecule has 6 heteroatoms. The van der Waals surface area contributed by atoms with Crippen LogP contribution < -0.4 is 5.32 Å². The monoisotopic (exact) mass is 379 g/mol. The van der Waals surface area contributed by atoms with Gasteiger partial charge >= 0.3 is 0 Å². The van der Waals surface area contributed by atoms with Crippen LogP contribution in [0.25, 0.3) is 0 Å². The molecule has 1 aromatic heterocycles. The maximum atomic E-state index is 10.5. The molecule has 2 N–H and O–H groups in total. The van der Waals surface area contributed by atoms with Crippen molar-refractivity contribution in [3.8, 4) is 6.07 Å². The van der Waals surface area contributed by atoms with Crippen molar-refractivity contribution in [2.45, 2.75) is 57.0 Å². The third-order valence-electron chi connectivity index (χ3n) is 6.18. The normalized spacial score (nSPS) is 26.4. The number of aromatic nitrogens is 2. The van der Waals surface area contributed by atoms with Gasteiger partial charge in [0.25, 0.3) is 0 Å². The van der Waals surface area contributed by atoms with E-state index in [1.807, 2.05) is 30.9 Å². The molecule has 1 aliphatic carbocycles. The standard InChI is InChI=1S/C22H29N5O/c23-13-17-1-3-18(4-2-17)14-26-8-5-20(6-9-26)25-21-11-19(12-22(21)28)15-27-10-7-24-16-27/h1-4,7,10,16,19-22,25,28H,5-6,8-9,11-12,14-15H2/t19?,21-,22-/m1/s1. The number of aliphatic hydroxyl groups excluding tert-OH is 1. The number of likely N-dealkylation sites (tertiary alicyclic amines) is 1. The van der Waals surface area contributed by atoms with Crippen molar-refractivity contribution in [3.05, 3.63) is 54.1 Å². The van der Waals surface area contributed by atoms with Crippen LogP contribution in [-0.4, -0.2) is 50.8 Å². The number of nitrogens with zero attached hydrogens (tertiary/aromatic N) is 4. The van der Waals surface area contributed by atoms with Gasteiger partial charge in [-0.3, -0.25) is 4.90 Å². The molecule has 2 heterocycles. The summed E-state index contributed by atoms with van der Waals surface area (Å²) in [6, 6.07) is 10.8. The largest absolute Gasteiger partial charge is 0.391 e. The number of piperidine rings is 1. The molecule has 6 nitrogen and oxygen atoms in total. The lowest BCUT2D eigenvalue weighted by Gasteiger charge is -2.34. The molecular weight excluding hydrogens is 350 g/mol. The van der Waals surface area contributed by atoms with Crippen molar-refractivity contribution in [1.29, 1.82) is 5.26 Å². The number of imidazole rings is 1. The summed E-state index contributed by atoms with van der Waals surface area (Å²) in [5, 5.41) is 23.1. The average molecular weight is 380 g/mol. The predicted molar refractivity (Wildman–Crippen MR) is 107 cm³/mol. The van der Waals surface area contributed by atoms with Crippen molar-refractivity contribution in [1.82, 2.24) is 19.8 Å². The Morgan fingerprint density at radius 1 is 1.18 bits per heavy atom. The zero-order chi connectivity index (χ0) is 19.3. The van der Waals surface area contributed by atoms with Crippen LogP contribution in [0.4, 0.5) is 0 Å². The Morgan fingerprint density at radius 2 is 1.96 bits per heavy atom. The molecule has 0 bridgehead atoms. The maximum absolute atomic E-state index is 10.5. The van der Waals surface area contributed by atoms with E-state index in [1.165, 1.54) is 5.56 Å². The summed E-state index contributed by atoms with van der Waals surface area (Å²) in [7, 11) is 0. The summed E-state index contributed by atoms with van der Waals surface area (Å²) < 4.78 is 2.11. The predicted octanol–water partition coefficient (Wildman–Crippen LogP) is 2.15. The molecule has 4 rings (SSSR count). The first kappa shape index (κ1) is 19.1. The summed E-state index contributed by atoms with van der Waals surface area (Å²) in [5.74, 6) is 0.512. The van der Waals surface area contributed by atoms with Gasteiger partial charge in [0.15, 0.2) is 0 Å². The number of benzene rings is 1. The maximum Gasteiger partial charge on any atom is 0.0991 e. The van der Waals surface area contributed by atoms with E-state index in [1.54, 1.807) is 0 Å². The second kappa shape index (κ2) is 8.87. The Hall–Kier alpha value is -2.20. The van der Waals surface area contributed by atoms with Gasteiger partial charge < -0.3 is 15.0 Å². The Bertz CT molecular complexity index is 774. The van der Waals surface area contributed by atoms with E-state index >= 15 is 0 Å². The molecule has 1 saturated heterocycles. The topological polar surface area (TPSA) is 77.1 Å². The van der Waals surface area contributed by atoms with Gasteiger partial charge in [-0.1, -0.05) is 12.1 Å². The second-order valence-electron chi connectivity index (χ2n) is 8.30. The highest BCUT2D eigenvalue weighted by molar-refractivity contribution is 5.31. The molecule has 1 aromatic carbocycles. The summed E-state index contributed by atoms with van der Waals surface area (Å²) in [4.78, 5) is 6.59. The Labute approximate surface area is 166 Å². The van der Waals surface area contributed by atoms with Crippen molar-refractivity contribution in [3.63, 3.8) is 0 Å². The molecule has 2 aromatic rings.